The van der Waals surface area contributed by atoms with Gasteiger partial charge in [-0.25, -0.2) is 0 Å². The van der Waals surface area contributed by atoms with Crippen LogP contribution in [0.4, 0.5) is 0 Å². The largest absolute Gasteiger partial charge is 0.306 e. The van der Waals surface area contributed by atoms with Crippen molar-refractivity contribution in [2.75, 3.05) is 6.54 Å². The van der Waals surface area contributed by atoms with Gasteiger partial charge in [-0.3, -0.25) is 9.78 Å². The summed E-state index contributed by atoms with van der Waals surface area (Å²) in [6, 6.07) is 9.80. The number of ketones is 1. The van der Waals surface area contributed by atoms with Gasteiger partial charge in [0, 0.05) is 24.5 Å². The molecule has 19 heavy (non-hydrogen) atoms. The third-order valence-electron chi connectivity index (χ3n) is 3.05. The van der Waals surface area contributed by atoms with E-state index in [0.29, 0.717) is 13.1 Å². The summed E-state index contributed by atoms with van der Waals surface area (Å²) >= 11 is 0. The van der Waals surface area contributed by atoms with E-state index in [1.807, 2.05) is 44.2 Å². The van der Waals surface area contributed by atoms with Gasteiger partial charge >= 0.3 is 0 Å². The van der Waals surface area contributed by atoms with Crippen LogP contribution in [0.1, 0.15) is 27.0 Å². The van der Waals surface area contributed by atoms with Crippen LogP contribution in [0.2, 0.25) is 0 Å². The second-order valence-electron chi connectivity index (χ2n) is 4.70. The van der Waals surface area contributed by atoms with Gasteiger partial charge in [0.1, 0.15) is 0 Å². The van der Waals surface area contributed by atoms with Crippen LogP contribution < -0.4 is 5.32 Å². The zero-order valence-corrected chi connectivity index (χ0v) is 11.3. The Hall–Kier alpha value is -2.00. The summed E-state index contributed by atoms with van der Waals surface area (Å²) in [5.74, 6) is 0.131. The van der Waals surface area contributed by atoms with Crippen molar-refractivity contribution in [3.63, 3.8) is 0 Å². The number of aromatic nitrogens is 1. The fourth-order valence-electron chi connectivity index (χ4n) is 2.04. The van der Waals surface area contributed by atoms with Crippen molar-refractivity contribution in [3.8, 4) is 0 Å². The van der Waals surface area contributed by atoms with Crippen molar-refractivity contribution in [1.82, 2.24) is 10.3 Å². The number of pyridine rings is 1. The zero-order chi connectivity index (χ0) is 13.7. The first-order chi connectivity index (χ1) is 9.16. The molecule has 2 aromatic rings. The SMILES string of the molecule is Cc1ccc(C(=O)CNCc2ccncc2)c(C)c1. The van der Waals surface area contributed by atoms with E-state index in [1.165, 1.54) is 5.56 Å². The number of carbonyl (C=O) groups is 1. The van der Waals surface area contributed by atoms with Crippen LogP contribution in [-0.4, -0.2) is 17.3 Å². The Morgan fingerprint density at radius 2 is 1.89 bits per heavy atom. The van der Waals surface area contributed by atoms with Crippen molar-refractivity contribution in [2.24, 2.45) is 0 Å². The van der Waals surface area contributed by atoms with Gasteiger partial charge in [-0.1, -0.05) is 23.8 Å². The molecule has 0 bridgehead atoms. The molecule has 0 saturated carbocycles. The molecule has 0 atom stereocenters. The molecular weight excluding hydrogens is 236 g/mol. The number of nitrogens with one attached hydrogen (secondary N) is 1. The number of benzene rings is 1. The van der Waals surface area contributed by atoms with Gasteiger partial charge in [-0.05, 0) is 37.1 Å². The average molecular weight is 254 g/mol. The summed E-state index contributed by atoms with van der Waals surface area (Å²) in [6.45, 7) is 5.04. The molecule has 3 heteroatoms. The van der Waals surface area contributed by atoms with Crippen molar-refractivity contribution in [2.45, 2.75) is 20.4 Å². The summed E-state index contributed by atoms with van der Waals surface area (Å²) in [6.07, 6.45) is 3.51. The molecule has 1 aromatic heterocycles. The quantitative estimate of drug-likeness (QED) is 0.834. The summed E-state index contributed by atoms with van der Waals surface area (Å²) in [7, 11) is 0. The first-order valence-electron chi connectivity index (χ1n) is 6.37. The Labute approximate surface area is 113 Å². The molecule has 1 N–H and O–H groups in total. The standard InChI is InChI=1S/C16H18N2O/c1-12-3-4-15(13(2)9-12)16(19)11-18-10-14-5-7-17-8-6-14/h3-9,18H,10-11H2,1-2H3. The van der Waals surface area contributed by atoms with Gasteiger partial charge in [-0.2, -0.15) is 0 Å². The second kappa shape index (κ2) is 6.25. The van der Waals surface area contributed by atoms with E-state index in [-0.39, 0.29) is 5.78 Å². The predicted molar refractivity (Wildman–Crippen MR) is 76.2 cm³/mol. The maximum absolute atomic E-state index is 12.1. The van der Waals surface area contributed by atoms with E-state index in [0.717, 1.165) is 16.7 Å². The molecule has 3 nitrogen and oxygen atoms in total. The summed E-state index contributed by atoms with van der Waals surface area (Å²) in [5, 5.41) is 3.16. The molecule has 0 spiro atoms. The molecule has 0 aliphatic carbocycles. The minimum absolute atomic E-state index is 0.131. The number of nitrogens with zero attached hydrogens (tertiary/aromatic N) is 1. The summed E-state index contributed by atoms with van der Waals surface area (Å²) in [4.78, 5) is 16.1. The fraction of sp³-hybridized carbons (Fsp3) is 0.250. The van der Waals surface area contributed by atoms with Crippen LogP contribution in [0.5, 0.6) is 0 Å². The topological polar surface area (TPSA) is 42.0 Å². The first-order valence-corrected chi connectivity index (χ1v) is 6.37. The highest BCUT2D eigenvalue weighted by molar-refractivity contribution is 5.98. The van der Waals surface area contributed by atoms with Crippen LogP contribution >= 0.6 is 0 Å². The molecule has 0 aliphatic rings. The molecular formula is C16H18N2O. The van der Waals surface area contributed by atoms with Gasteiger partial charge in [0.15, 0.2) is 5.78 Å². The lowest BCUT2D eigenvalue weighted by Crippen LogP contribution is -2.23. The maximum atomic E-state index is 12.1. The number of hydrogen-bond acceptors (Lipinski definition) is 3. The molecule has 0 fully saturated rings. The first kappa shape index (κ1) is 13.4. The highest BCUT2D eigenvalue weighted by Gasteiger charge is 2.08. The molecule has 0 aliphatic heterocycles. The van der Waals surface area contributed by atoms with Gasteiger partial charge in [0.05, 0.1) is 6.54 Å². The number of aryl methyl sites for hydroxylation is 2. The van der Waals surface area contributed by atoms with E-state index in [4.69, 9.17) is 0 Å². The van der Waals surface area contributed by atoms with E-state index in [9.17, 15) is 4.79 Å². The monoisotopic (exact) mass is 254 g/mol. The number of hydrogen-bond donors (Lipinski definition) is 1. The number of rotatable bonds is 5. The van der Waals surface area contributed by atoms with Crippen molar-refractivity contribution in [1.29, 1.82) is 0 Å². The number of carbonyl (C=O) groups excluding carboxylic acids is 1. The van der Waals surface area contributed by atoms with E-state index < -0.39 is 0 Å². The molecule has 1 aromatic carbocycles. The zero-order valence-electron chi connectivity index (χ0n) is 11.3. The molecule has 0 amide bonds. The number of Topliss-reactive ketones (excluding diaryl/α,β-unsaturated/α-hetero) is 1. The predicted octanol–water partition coefficient (Wildman–Crippen LogP) is 2.67. The average Bonchev–Trinajstić information content (AvgIpc) is 2.39. The summed E-state index contributed by atoms with van der Waals surface area (Å²) in [5.41, 5.74) is 4.14. The smallest absolute Gasteiger partial charge is 0.176 e. The van der Waals surface area contributed by atoms with Gasteiger partial charge < -0.3 is 5.32 Å². The van der Waals surface area contributed by atoms with Crippen molar-refractivity contribution in [3.05, 3.63) is 65.0 Å². The lowest BCUT2D eigenvalue weighted by molar-refractivity contribution is 0.0990. The lowest BCUT2D eigenvalue weighted by atomic mass is 10.0. The second-order valence-corrected chi connectivity index (χ2v) is 4.70. The molecule has 98 valence electrons. The van der Waals surface area contributed by atoms with Gasteiger partial charge in [0.25, 0.3) is 0 Å². The van der Waals surface area contributed by atoms with Crippen LogP contribution in [0.3, 0.4) is 0 Å². The third kappa shape index (κ3) is 3.73. The van der Waals surface area contributed by atoms with E-state index in [2.05, 4.69) is 10.3 Å². The van der Waals surface area contributed by atoms with Gasteiger partial charge in [-0.15, -0.1) is 0 Å². The highest BCUT2D eigenvalue weighted by atomic mass is 16.1. The summed E-state index contributed by atoms with van der Waals surface area (Å²) < 4.78 is 0. The van der Waals surface area contributed by atoms with E-state index in [1.54, 1.807) is 12.4 Å². The van der Waals surface area contributed by atoms with Crippen molar-refractivity contribution >= 4 is 5.78 Å². The highest BCUT2D eigenvalue weighted by Crippen LogP contribution is 2.10. The molecule has 2 rings (SSSR count). The third-order valence-corrected chi connectivity index (χ3v) is 3.05. The lowest BCUT2D eigenvalue weighted by Gasteiger charge is -2.07. The van der Waals surface area contributed by atoms with Crippen LogP contribution in [0.15, 0.2) is 42.7 Å². The Morgan fingerprint density at radius 1 is 1.16 bits per heavy atom. The molecule has 0 radical (unpaired) electrons. The molecule has 0 saturated heterocycles. The Bertz CT molecular complexity index is 564. The minimum atomic E-state index is 0.131. The van der Waals surface area contributed by atoms with Crippen LogP contribution in [0, 0.1) is 13.8 Å². The molecule has 1 heterocycles. The van der Waals surface area contributed by atoms with Gasteiger partial charge in [0.2, 0.25) is 0 Å². The molecule has 0 unspecified atom stereocenters. The van der Waals surface area contributed by atoms with Crippen LogP contribution in [0.25, 0.3) is 0 Å². The van der Waals surface area contributed by atoms with Crippen LogP contribution in [-0.2, 0) is 6.54 Å². The Kier molecular flexibility index (Phi) is 4.42. The minimum Gasteiger partial charge on any atom is -0.306 e. The normalized spacial score (nSPS) is 10.4. The van der Waals surface area contributed by atoms with E-state index >= 15 is 0 Å². The Morgan fingerprint density at radius 3 is 2.58 bits per heavy atom. The fourth-order valence-corrected chi connectivity index (χ4v) is 2.04. The Balaban J connectivity index is 1.91. The maximum Gasteiger partial charge on any atom is 0.176 e. The van der Waals surface area contributed by atoms with Crippen molar-refractivity contribution < 1.29 is 4.79 Å².